The third-order valence-electron chi connectivity index (χ3n) is 2.69. The number of carbonyl (C=O) groups excluding carboxylic acids is 1. The molecule has 0 saturated carbocycles. The highest BCUT2D eigenvalue weighted by molar-refractivity contribution is 6.30. The molecule has 0 aliphatic heterocycles. The number of aliphatic imine (C=N–C) groups is 1. The minimum Gasteiger partial charge on any atom is -0.294 e. The molecule has 2 rings (SSSR count). The van der Waals surface area contributed by atoms with Crippen molar-refractivity contribution >= 4 is 23.6 Å². The number of hydrogen-bond donors (Lipinski definition) is 0. The zero-order chi connectivity index (χ0) is 13.5. The summed E-state index contributed by atoms with van der Waals surface area (Å²) in [6.45, 7) is 0.606. The van der Waals surface area contributed by atoms with Gasteiger partial charge in [0.1, 0.15) is 0 Å². The Bertz CT molecular complexity index is 561. The molecule has 3 heteroatoms. The second kappa shape index (κ2) is 6.86. The van der Waals surface area contributed by atoms with E-state index in [1.54, 1.807) is 30.5 Å². The topological polar surface area (TPSA) is 29.4 Å². The van der Waals surface area contributed by atoms with Crippen LogP contribution in [0.2, 0.25) is 5.02 Å². The molecule has 0 radical (unpaired) electrons. The van der Waals surface area contributed by atoms with Gasteiger partial charge in [0.25, 0.3) is 0 Å². The van der Waals surface area contributed by atoms with Gasteiger partial charge in [-0.15, -0.1) is 0 Å². The molecule has 0 N–H and O–H groups in total. The highest BCUT2D eigenvalue weighted by Gasteiger charge is 2.03. The average molecular weight is 272 g/mol. The molecule has 0 fully saturated rings. The number of ketones is 1. The summed E-state index contributed by atoms with van der Waals surface area (Å²) in [7, 11) is 0. The number of Topliss-reactive ketones (excluding diaryl/α,β-unsaturated/α-hetero) is 1. The second-order valence-corrected chi connectivity index (χ2v) is 4.58. The van der Waals surface area contributed by atoms with E-state index in [0.717, 1.165) is 5.56 Å². The smallest absolute Gasteiger partial charge is 0.168 e. The van der Waals surface area contributed by atoms with Crippen LogP contribution in [-0.4, -0.2) is 12.0 Å². The highest BCUT2D eigenvalue weighted by Crippen LogP contribution is 2.10. The van der Waals surface area contributed by atoms with E-state index in [0.29, 0.717) is 23.6 Å². The van der Waals surface area contributed by atoms with Crippen LogP contribution in [0.1, 0.15) is 22.3 Å². The third-order valence-corrected chi connectivity index (χ3v) is 2.94. The lowest BCUT2D eigenvalue weighted by Crippen LogP contribution is -1.99. The molecule has 19 heavy (non-hydrogen) atoms. The Balaban J connectivity index is 1.85. The van der Waals surface area contributed by atoms with Crippen LogP contribution in [0, 0.1) is 0 Å². The lowest BCUT2D eigenvalue weighted by atomic mass is 10.1. The average Bonchev–Trinajstić information content (AvgIpc) is 2.45. The minimum atomic E-state index is 0.0495. The van der Waals surface area contributed by atoms with Crippen LogP contribution < -0.4 is 0 Å². The van der Waals surface area contributed by atoms with E-state index in [2.05, 4.69) is 4.99 Å². The van der Waals surface area contributed by atoms with Crippen LogP contribution in [0.15, 0.2) is 59.6 Å². The minimum absolute atomic E-state index is 0.0495. The first-order chi connectivity index (χ1) is 9.25. The molecule has 2 nitrogen and oxygen atoms in total. The van der Waals surface area contributed by atoms with Crippen molar-refractivity contribution in [2.24, 2.45) is 4.99 Å². The maximum Gasteiger partial charge on any atom is 0.168 e. The van der Waals surface area contributed by atoms with Gasteiger partial charge in [0.2, 0.25) is 0 Å². The summed E-state index contributed by atoms with van der Waals surface area (Å²) in [5.74, 6) is 0.0495. The van der Waals surface area contributed by atoms with Crippen molar-refractivity contribution in [1.82, 2.24) is 0 Å². The molecule has 0 atom stereocenters. The molecule has 0 saturated heterocycles. The molecule has 2 aromatic rings. The first kappa shape index (κ1) is 13.5. The fraction of sp³-hybridized carbons (Fsp3) is 0.125. The first-order valence-corrected chi connectivity index (χ1v) is 6.44. The molecule has 0 bridgehead atoms. The summed E-state index contributed by atoms with van der Waals surface area (Å²) in [5, 5.41) is 0.634. The maximum atomic E-state index is 11.8. The van der Waals surface area contributed by atoms with E-state index in [-0.39, 0.29) is 5.78 Å². The first-order valence-electron chi connectivity index (χ1n) is 6.06. The summed E-state index contributed by atoms with van der Waals surface area (Å²) >= 11 is 5.77. The van der Waals surface area contributed by atoms with Crippen molar-refractivity contribution in [3.8, 4) is 0 Å². The van der Waals surface area contributed by atoms with Crippen LogP contribution in [-0.2, 0) is 6.54 Å². The summed E-state index contributed by atoms with van der Waals surface area (Å²) < 4.78 is 0. The monoisotopic (exact) mass is 271 g/mol. The van der Waals surface area contributed by atoms with Gasteiger partial charge < -0.3 is 0 Å². The van der Waals surface area contributed by atoms with Gasteiger partial charge in [0, 0.05) is 23.2 Å². The molecule has 0 aliphatic carbocycles. The summed E-state index contributed by atoms with van der Waals surface area (Å²) in [4.78, 5) is 16.1. The van der Waals surface area contributed by atoms with Crippen molar-refractivity contribution in [3.05, 3.63) is 70.7 Å². The van der Waals surface area contributed by atoms with Crippen LogP contribution >= 0.6 is 11.6 Å². The normalized spacial score (nSPS) is 10.8. The van der Waals surface area contributed by atoms with Gasteiger partial charge in [-0.2, -0.15) is 0 Å². The zero-order valence-electron chi connectivity index (χ0n) is 10.4. The molecule has 0 heterocycles. The lowest BCUT2D eigenvalue weighted by molar-refractivity contribution is 0.100. The molecule has 0 unspecified atom stereocenters. The Labute approximate surface area is 117 Å². The Hall–Kier alpha value is -1.93. The van der Waals surface area contributed by atoms with Gasteiger partial charge in [0.05, 0.1) is 6.54 Å². The number of rotatable bonds is 5. The number of benzene rings is 2. The summed E-state index contributed by atoms with van der Waals surface area (Å²) in [5.41, 5.74) is 1.80. The number of carbonyl (C=O) groups is 1. The number of hydrogen-bond acceptors (Lipinski definition) is 2. The van der Waals surface area contributed by atoms with Crippen LogP contribution in [0.5, 0.6) is 0 Å². The molecule has 0 spiro atoms. The SMILES string of the molecule is O=C(CC=NCc1ccccc1)c1ccc(Cl)cc1. The van der Waals surface area contributed by atoms with Crippen molar-refractivity contribution < 1.29 is 4.79 Å². The standard InChI is InChI=1S/C16H14ClNO/c17-15-8-6-14(7-9-15)16(19)10-11-18-12-13-4-2-1-3-5-13/h1-9,11H,10,12H2. The third kappa shape index (κ3) is 4.34. The predicted molar refractivity (Wildman–Crippen MR) is 79.0 cm³/mol. The van der Waals surface area contributed by atoms with E-state index in [1.807, 2.05) is 30.3 Å². The Morgan fingerprint density at radius 1 is 1.05 bits per heavy atom. The fourth-order valence-electron chi connectivity index (χ4n) is 1.65. The van der Waals surface area contributed by atoms with E-state index < -0.39 is 0 Å². The van der Waals surface area contributed by atoms with Gasteiger partial charge in [0.15, 0.2) is 5.78 Å². The van der Waals surface area contributed by atoms with Gasteiger partial charge >= 0.3 is 0 Å². The van der Waals surface area contributed by atoms with Crippen LogP contribution in [0.3, 0.4) is 0 Å². The van der Waals surface area contributed by atoms with Crippen molar-refractivity contribution in [1.29, 1.82) is 0 Å². The van der Waals surface area contributed by atoms with Crippen LogP contribution in [0.4, 0.5) is 0 Å². The number of nitrogens with zero attached hydrogens (tertiary/aromatic N) is 1. The lowest BCUT2D eigenvalue weighted by Gasteiger charge is -1.98. The fourth-order valence-corrected chi connectivity index (χ4v) is 1.78. The van der Waals surface area contributed by atoms with Crippen molar-refractivity contribution in [2.45, 2.75) is 13.0 Å². The van der Waals surface area contributed by atoms with E-state index in [9.17, 15) is 4.79 Å². The molecular weight excluding hydrogens is 258 g/mol. The Morgan fingerprint density at radius 2 is 1.74 bits per heavy atom. The zero-order valence-corrected chi connectivity index (χ0v) is 11.2. The largest absolute Gasteiger partial charge is 0.294 e. The summed E-state index contributed by atoms with van der Waals surface area (Å²) in [6.07, 6.45) is 1.98. The maximum absolute atomic E-state index is 11.8. The van der Waals surface area contributed by atoms with Gasteiger partial charge in [-0.25, -0.2) is 0 Å². The molecule has 0 aromatic heterocycles. The molecule has 0 amide bonds. The second-order valence-electron chi connectivity index (χ2n) is 4.14. The predicted octanol–water partition coefficient (Wildman–Crippen LogP) is 4.18. The molecule has 2 aromatic carbocycles. The molecule has 0 aliphatic rings. The van der Waals surface area contributed by atoms with Gasteiger partial charge in [-0.05, 0) is 29.8 Å². The van der Waals surface area contributed by atoms with Gasteiger partial charge in [-0.1, -0.05) is 41.9 Å². The van der Waals surface area contributed by atoms with E-state index >= 15 is 0 Å². The van der Waals surface area contributed by atoms with Crippen molar-refractivity contribution in [2.75, 3.05) is 0 Å². The molecule has 96 valence electrons. The Kier molecular flexibility index (Phi) is 4.87. The molecular formula is C16H14ClNO. The quantitative estimate of drug-likeness (QED) is 0.592. The van der Waals surface area contributed by atoms with Crippen LogP contribution in [0.25, 0.3) is 0 Å². The van der Waals surface area contributed by atoms with E-state index in [1.165, 1.54) is 0 Å². The highest BCUT2D eigenvalue weighted by atomic mass is 35.5. The van der Waals surface area contributed by atoms with E-state index in [4.69, 9.17) is 11.6 Å². The summed E-state index contributed by atoms with van der Waals surface area (Å²) in [6, 6.07) is 16.8. The Morgan fingerprint density at radius 3 is 2.42 bits per heavy atom. The van der Waals surface area contributed by atoms with Gasteiger partial charge in [-0.3, -0.25) is 9.79 Å². The number of halogens is 1. The van der Waals surface area contributed by atoms with Crippen molar-refractivity contribution in [3.63, 3.8) is 0 Å².